The van der Waals surface area contributed by atoms with E-state index in [-0.39, 0.29) is 30.3 Å². The Hall–Kier alpha value is -1.59. The van der Waals surface area contributed by atoms with Gasteiger partial charge in [0.15, 0.2) is 0 Å². The van der Waals surface area contributed by atoms with Crippen molar-refractivity contribution in [2.45, 2.75) is 32.2 Å². The number of carbonyl (C=O) groups is 2. The van der Waals surface area contributed by atoms with Crippen LogP contribution in [0.15, 0.2) is 24.3 Å². The summed E-state index contributed by atoms with van der Waals surface area (Å²) in [4.78, 5) is 28.6. The number of piperazine rings is 1. The highest BCUT2D eigenvalue weighted by molar-refractivity contribution is 5.85. The first-order valence-corrected chi connectivity index (χ1v) is 8.49. The number of nitrogens with one attached hydrogen (secondary N) is 1. The van der Waals surface area contributed by atoms with Crippen molar-refractivity contribution in [3.8, 4) is 0 Å². The Morgan fingerprint density at radius 2 is 1.79 bits per heavy atom. The van der Waals surface area contributed by atoms with E-state index < -0.39 is 0 Å². The third kappa shape index (κ3) is 4.28. The number of rotatable bonds is 3. The number of halogens is 1. The van der Waals surface area contributed by atoms with Crippen LogP contribution in [0, 0.1) is 6.92 Å². The molecule has 0 aliphatic carbocycles. The van der Waals surface area contributed by atoms with Crippen LogP contribution in [-0.2, 0) is 16.0 Å². The van der Waals surface area contributed by atoms with Crippen LogP contribution in [-0.4, -0.2) is 60.4 Å². The normalized spacial score (nSPS) is 20.6. The maximum absolute atomic E-state index is 12.5. The van der Waals surface area contributed by atoms with Crippen molar-refractivity contribution in [3.63, 3.8) is 0 Å². The summed E-state index contributed by atoms with van der Waals surface area (Å²) in [5.74, 6) is 0.360. The first kappa shape index (κ1) is 18.7. The van der Waals surface area contributed by atoms with Gasteiger partial charge in [-0.2, -0.15) is 0 Å². The molecule has 1 unspecified atom stereocenters. The lowest BCUT2D eigenvalue weighted by Crippen LogP contribution is -2.54. The maximum atomic E-state index is 12.5. The molecule has 1 N–H and O–H groups in total. The molecule has 24 heavy (non-hydrogen) atoms. The Morgan fingerprint density at radius 3 is 2.42 bits per heavy atom. The predicted molar refractivity (Wildman–Crippen MR) is 96.3 cm³/mol. The molecule has 1 aromatic rings. The van der Waals surface area contributed by atoms with Crippen molar-refractivity contribution < 1.29 is 9.59 Å². The SMILES string of the molecule is Cc1ccccc1CC(=O)N1CCN(C(=O)C2CCCN2)CC1.Cl. The lowest BCUT2D eigenvalue weighted by Gasteiger charge is -2.36. The molecule has 0 bridgehead atoms. The first-order chi connectivity index (χ1) is 11.1. The van der Waals surface area contributed by atoms with Gasteiger partial charge < -0.3 is 15.1 Å². The van der Waals surface area contributed by atoms with Gasteiger partial charge in [-0.1, -0.05) is 24.3 Å². The van der Waals surface area contributed by atoms with Gasteiger partial charge in [0.2, 0.25) is 11.8 Å². The smallest absolute Gasteiger partial charge is 0.239 e. The van der Waals surface area contributed by atoms with E-state index >= 15 is 0 Å². The summed E-state index contributed by atoms with van der Waals surface area (Å²) < 4.78 is 0. The predicted octanol–water partition coefficient (Wildman–Crippen LogP) is 1.38. The van der Waals surface area contributed by atoms with Crippen molar-refractivity contribution in [2.24, 2.45) is 0 Å². The topological polar surface area (TPSA) is 52.7 Å². The molecule has 132 valence electrons. The van der Waals surface area contributed by atoms with Crippen LogP contribution in [0.2, 0.25) is 0 Å². The lowest BCUT2D eigenvalue weighted by molar-refractivity contribution is -0.140. The fourth-order valence-corrected chi connectivity index (χ4v) is 3.38. The van der Waals surface area contributed by atoms with Crippen molar-refractivity contribution >= 4 is 24.2 Å². The molecule has 1 atom stereocenters. The molecule has 2 fully saturated rings. The lowest BCUT2D eigenvalue weighted by atomic mass is 10.1. The number of amides is 2. The average Bonchev–Trinajstić information content (AvgIpc) is 3.11. The van der Waals surface area contributed by atoms with Gasteiger partial charge in [-0.15, -0.1) is 12.4 Å². The Balaban J connectivity index is 0.00000208. The number of benzene rings is 1. The highest BCUT2D eigenvalue weighted by Crippen LogP contribution is 2.13. The van der Waals surface area contributed by atoms with Crippen molar-refractivity contribution in [2.75, 3.05) is 32.7 Å². The summed E-state index contributed by atoms with van der Waals surface area (Å²) >= 11 is 0. The molecule has 2 heterocycles. The van der Waals surface area contributed by atoms with Crippen LogP contribution in [0.1, 0.15) is 24.0 Å². The van der Waals surface area contributed by atoms with Crippen LogP contribution in [0.5, 0.6) is 0 Å². The number of carbonyl (C=O) groups excluding carboxylic acids is 2. The number of hydrogen-bond acceptors (Lipinski definition) is 3. The van der Waals surface area contributed by atoms with Gasteiger partial charge >= 0.3 is 0 Å². The van der Waals surface area contributed by atoms with E-state index in [0.717, 1.165) is 30.5 Å². The molecule has 2 saturated heterocycles. The first-order valence-electron chi connectivity index (χ1n) is 8.49. The third-order valence-corrected chi connectivity index (χ3v) is 4.91. The Morgan fingerprint density at radius 1 is 1.12 bits per heavy atom. The fraction of sp³-hybridized carbons (Fsp3) is 0.556. The fourth-order valence-electron chi connectivity index (χ4n) is 3.38. The Labute approximate surface area is 149 Å². The van der Waals surface area contributed by atoms with E-state index in [1.54, 1.807) is 0 Å². The summed E-state index contributed by atoms with van der Waals surface area (Å²) in [5.41, 5.74) is 2.24. The number of hydrogen-bond donors (Lipinski definition) is 1. The molecule has 0 aromatic heterocycles. The van der Waals surface area contributed by atoms with E-state index in [1.165, 1.54) is 0 Å². The van der Waals surface area contributed by atoms with Crippen LogP contribution in [0.3, 0.4) is 0 Å². The molecule has 2 amide bonds. The second-order valence-electron chi connectivity index (χ2n) is 6.46. The average molecular weight is 352 g/mol. The summed E-state index contributed by atoms with van der Waals surface area (Å²) in [7, 11) is 0. The zero-order valence-electron chi connectivity index (χ0n) is 14.2. The minimum Gasteiger partial charge on any atom is -0.339 e. The van der Waals surface area contributed by atoms with Gasteiger partial charge in [-0.05, 0) is 37.4 Å². The largest absolute Gasteiger partial charge is 0.339 e. The van der Waals surface area contributed by atoms with E-state index in [9.17, 15) is 9.59 Å². The molecular formula is C18H26ClN3O2. The maximum Gasteiger partial charge on any atom is 0.239 e. The molecule has 0 spiro atoms. The van der Waals surface area contributed by atoms with E-state index in [0.29, 0.717) is 32.6 Å². The van der Waals surface area contributed by atoms with Crippen molar-refractivity contribution in [3.05, 3.63) is 35.4 Å². The molecule has 5 nitrogen and oxygen atoms in total. The van der Waals surface area contributed by atoms with Gasteiger partial charge in [0.05, 0.1) is 12.5 Å². The molecule has 0 radical (unpaired) electrons. The highest BCUT2D eigenvalue weighted by atomic mass is 35.5. The molecule has 2 aliphatic rings. The van der Waals surface area contributed by atoms with E-state index in [1.807, 2.05) is 41.0 Å². The second-order valence-corrected chi connectivity index (χ2v) is 6.46. The van der Waals surface area contributed by atoms with E-state index in [2.05, 4.69) is 5.32 Å². The second kappa shape index (κ2) is 8.49. The summed E-state index contributed by atoms with van der Waals surface area (Å²) in [5, 5.41) is 3.25. The standard InChI is InChI=1S/C18H25N3O2.ClH/c1-14-5-2-3-6-15(14)13-17(22)20-9-11-21(12-10-20)18(23)16-7-4-8-19-16;/h2-3,5-6,16,19H,4,7-13H2,1H3;1H. The summed E-state index contributed by atoms with van der Waals surface area (Å²) in [6.45, 7) is 5.55. The van der Waals surface area contributed by atoms with Crippen molar-refractivity contribution in [1.29, 1.82) is 0 Å². The molecule has 2 aliphatic heterocycles. The number of nitrogens with zero attached hydrogens (tertiary/aromatic N) is 2. The highest BCUT2D eigenvalue weighted by Gasteiger charge is 2.30. The van der Waals surface area contributed by atoms with Gasteiger partial charge in [-0.3, -0.25) is 9.59 Å². The van der Waals surface area contributed by atoms with Crippen LogP contribution >= 0.6 is 12.4 Å². The Bertz CT molecular complexity index is 579. The summed E-state index contributed by atoms with van der Waals surface area (Å²) in [6, 6.07) is 8.00. The molecule has 3 rings (SSSR count). The Kier molecular flexibility index (Phi) is 6.63. The minimum absolute atomic E-state index is 0. The third-order valence-electron chi connectivity index (χ3n) is 4.91. The quantitative estimate of drug-likeness (QED) is 0.895. The van der Waals surface area contributed by atoms with E-state index in [4.69, 9.17) is 0 Å². The molecule has 1 aromatic carbocycles. The zero-order valence-corrected chi connectivity index (χ0v) is 15.0. The van der Waals surface area contributed by atoms with Crippen molar-refractivity contribution in [1.82, 2.24) is 15.1 Å². The van der Waals surface area contributed by atoms with Crippen LogP contribution in [0.4, 0.5) is 0 Å². The van der Waals surface area contributed by atoms with Gasteiger partial charge in [0.25, 0.3) is 0 Å². The molecular weight excluding hydrogens is 326 g/mol. The summed E-state index contributed by atoms with van der Waals surface area (Å²) in [6.07, 6.45) is 2.46. The molecule has 6 heteroatoms. The molecule has 0 saturated carbocycles. The van der Waals surface area contributed by atoms with Gasteiger partial charge in [0, 0.05) is 26.2 Å². The van der Waals surface area contributed by atoms with Crippen LogP contribution in [0.25, 0.3) is 0 Å². The van der Waals surface area contributed by atoms with Gasteiger partial charge in [-0.25, -0.2) is 0 Å². The monoisotopic (exact) mass is 351 g/mol. The minimum atomic E-state index is -0.00998. The van der Waals surface area contributed by atoms with Crippen LogP contribution < -0.4 is 5.32 Å². The van der Waals surface area contributed by atoms with Gasteiger partial charge in [0.1, 0.15) is 0 Å². The zero-order chi connectivity index (χ0) is 16.2. The number of aryl methyl sites for hydroxylation is 1.